The summed E-state index contributed by atoms with van der Waals surface area (Å²) in [5, 5.41) is 4.09. The molecule has 0 aliphatic rings. The van der Waals surface area contributed by atoms with Crippen molar-refractivity contribution >= 4 is 33.2 Å². The predicted molar refractivity (Wildman–Crippen MR) is 77.7 cm³/mol. The Hall–Kier alpha value is -0.990. The van der Waals surface area contributed by atoms with E-state index in [1.54, 1.807) is 0 Å². The van der Waals surface area contributed by atoms with Gasteiger partial charge in [-0.2, -0.15) is 0 Å². The topological polar surface area (TPSA) is 12.0 Å². The average molecular weight is 311 g/mol. The molecule has 2 aromatic rings. The number of hydrogen-bond acceptors (Lipinski definition) is 1. The van der Waals surface area contributed by atoms with Crippen molar-refractivity contribution in [3.63, 3.8) is 0 Å². The van der Waals surface area contributed by atoms with Crippen molar-refractivity contribution < 1.29 is 0 Å². The number of rotatable bonds is 3. The molecule has 0 aliphatic carbocycles. The van der Waals surface area contributed by atoms with E-state index in [-0.39, 0.29) is 0 Å². The number of aryl methyl sites for hydroxylation is 1. The normalized spacial score (nSPS) is 10.3. The quantitative estimate of drug-likeness (QED) is 0.839. The van der Waals surface area contributed by atoms with Crippen LogP contribution >= 0.6 is 27.5 Å². The fourth-order valence-corrected chi connectivity index (χ4v) is 2.10. The fourth-order valence-electron chi connectivity index (χ4n) is 1.54. The van der Waals surface area contributed by atoms with Gasteiger partial charge in [0.1, 0.15) is 0 Å². The minimum absolute atomic E-state index is 0.736. The summed E-state index contributed by atoms with van der Waals surface area (Å²) >= 11 is 9.45. The smallest absolute Gasteiger partial charge is 0.0502 e. The van der Waals surface area contributed by atoms with E-state index in [2.05, 4.69) is 52.4 Å². The van der Waals surface area contributed by atoms with Crippen molar-refractivity contribution in [3.05, 3.63) is 63.1 Å². The van der Waals surface area contributed by atoms with Crippen LogP contribution in [0.1, 0.15) is 11.1 Å². The minimum Gasteiger partial charge on any atom is -0.380 e. The number of benzene rings is 2. The first-order valence-electron chi connectivity index (χ1n) is 5.39. The Morgan fingerprint density at radius 1 is 1.12 bits per heavy atom. The van der Waals surface area contributed by atoms with Gasteiger partial charge in [0.25, 0.3) is 0 Å². The van der Waals surface area contributed by atoms with Gasteiger partial charge in [0.05, 0.1) is 5.69 Å². The molecule has 0 saturated carbocycles. The van der Waals surface area contributed by atoms with Gasteiger partial charge >= 0.3 is 0 Å². The van der Waals surface area contributed by atoms with Crippen molar-refractivity contribution in [1.82, 2.24) is 0 Å². The van der Waals surface area contributed by atoms with Gasteiger partial charge in [-0.05, 0) is 46.6 Å². The Morgan fingerprint density at radius 3 is 2.53 bits per heavy atom. The molecule has 0 aliphatic heterocycles. The van der Waals surface area contributed by atoms with Gasteiger partial charge in [0.2, 0.25) is 0 Å². The molecule has 1 nitrogen and oxygen atoms in total. The van der Waals surface area contributed by atoms with Gasteiger partial charge in [0.15, 0.2) is 0 Å². The summed E-state index contributed by atoms with van der Waals surface area (Å²) in [6, 6.07) is 14.2. The van der Waals surface area contributed by atoms with Gasteiger partial charge in [0, 0.05) is 16.0 Å². The van der Waals surface area contributed by atoms with Gasteiger partial charge in [-0.15, -0.1) is 0 Å². The zero-order valence-electron chi connectivity index (χ0n) is 9.50. The highest BCUT2D eigenvalue weighted by molar-refractivity contribution is 9.10. The van der Waals surface area contributed by atoms with Crippen molar-refractivity contribution in [2.45, 2.75) is 13.5 Å². The van der Waals surface area contributed by atoms with E-state index in [4.69, 9.17) is 11.6 Å². The van der Waals surface area contributed by atoms with Crippen molar-refractivity contribution in [3.8, 4) is 0 Å². The average Bonchev–Trinajstić information content (AvgIpc) is 2.32. The maximum Gasteiger partial charge on any atom is 0.0502 e. The summed E-state index contributed by atoms with van der Waals surface area (Å²) in [6.45, 7) is 2.88. The molecule has 0 radical (unpaired) electrons. The molecule has 0 amide bonds. The third-order valence-corrected chi connectivity index (χ3v) is 3.46. The van der Waals surface area contributed by atoms with Crippen LogP contribution in [0.15, 0.2) is 46.9 Å². The van der Waals surface area contributed by atoms with Crippen LogP contribution in [-0.2, 0) is 6.54 Å². The lowest BCUT2D eigenvalue weighted by Gasteiger charge is -2.09. The molecular formula is C14H13BrClN. The van der Waals surface area contributed by atoms with E-state index in [9.17, 15) is 0 Å². The van der Waals surface area contributed by atoms with Crippen molar-refractivity contribution in [1.29, 1.82) is 0 Å². The minimum atomic E-state index is 0.736. The molecule has 2 aromatic carbocycles. The van der Waals surface area contributed by atoms with Gasteiger partial charge in [-0.25, -0.2) is 0 Å². The zero-order valence-corrected chi connectivity index (χ0v) is 11.8. The molecule has 0 fully saturated rings. The van der Waals surface area contributed by atoms with Crippen molar-refractivity contribution in [2.24, 2.45) is 0 Å². The summed E-state index contributed by atoms with van der Waals surface area (Å²) in [7, 11) is 0. The number of halogens is 2. The van der Waals surface area contributed by atoms with Crippen LogP contribution in [0.3, 0.4) is 0 Å². The zero-order chi connectivity index (χ0) is 12.3. The molecule has 88 valence electrons. The van der Waals surface area contributed by atoms with Crippen LogP contribution < -0.4 is 5.32 Å². The summed E-state index contributed by atoms with van der Waals surface area (Å²) in [4.78, 5) is 0. The van der Waals surface area contributed by atoms with Crippen molar-refractivity contribution in [2.75, 3.05) is 5.32 Å². The Morgan fingerprint density at radius 2 is 1.82 bits per heavy atom. The van der Waals surface area contributed by atoms with Gasteiger partial charge < -0.3 is 5.32 Å². The first-order valence-corrected chi connectivity index (χ1v) is 6.57. The van der Waals surface area contributed by atoms with Crippen LogP contribution in [0.4, 0.5) is 5.69 Å². The first-order chi connectivity index (χ1) is 8.15. The van der Waals surface area contributed by atoms with E-state index in [1.807, 2.05) is 18.2 Å². The second kappa shape index (κ2) is 5.56. The van der Waals surface area contributed by atoms with E-state index >= 15 is 0 Å². The number of hydrogen-bond donors (Lipinski definition) is 1. The number of anilines is 1. The van der Waals surface area contributed by atoms with Crippen LogP contribution in [0.5, 0.6) is 0 Å². The Balaban J connectivity index is 2.07. The maximum atomic E-state index is 5.96. The van der Waals surface area contributed by atoms with Crippen LogP contribution in [0.25, 0.3) is 0 Å². The van der Waals surface area contributed by atoms with Gasteiger partial charge in [-0.1, -0.05) is 41.4 Å². The molecule has 0 heterocycles. The van der Waals surface area contributed by atoms with E-state index < -0.39 is 0 Å². The standard InChI is InChI=1S/C14H13BrClN/c1-10-2-4-11(5-3-10)9-17-14-8-12(16)6-7-13(14)15/h2-8,17H,9H2,1H3. The Labute approximate surface area is 115 Å². The molecule has 0 unspecified atom stereocenters. The second-order valence-corrected chi connectivity index (χ2v) is 5.25. The lowest BCUT2D eigenvalue weighted by atomic mass is 10.1. The second-order valence-electron chi connectivity index (χ2n) is 3.96. The van der Waals surface area contributed by atoms with Crippen LogP contribution in [0.2, 0.25) is 5.02 Å². The summed E-state index contributed by atoms with van der Waals surface area (Å²) < 4.78 is 1.02. The molecule has 0 bridgehead atoms. The molecule has 1 N–H and O–H groups in total. The van der Waals surface area contributed by atoms with E-state index in [1.165, 1.54) is 11.1 Å². The summed E-state index contributed by atoms with van der Waals surface area (Å²) in [6.07, 6.45) is 0. The third-order valence-electron chi connectivity index (χ3n) is 2.53. The SMILES string of the molecule is Cc1ccc(CNc2cc(Cl)ccc2Br)cc1. The fraction of sp³-hybridized carbons (Fsp3) is 0.143. The largest absolute Gasteiger partial charge is 0.380 e. The molecule has 0 aromatic heterocycles. The highest BCUT2D eigenvalue weighted by Gasteiger charge is 2.00. The first kappa shape index (κ1) is 12.5. The predicted octanol–water partition coefficient (Wildman–Crippen LogP) is 5.02. The lowest BCUT2D eigenvalue weighted by Crippen LogP contribution is -1.99. The molecule has 0 atom stereocenters. The van der Waals surface area contributed by atoms with E-state index in [0.29, 0.717) is 0 Å². The summed E-state index contributed by atoms with van der Waals surface area (Å²) in [5.41, 5.74) is 3.54. The molecule has 0 saturated heterocycles. The third kappa shape index (κ3) is 3.48. The Kier molecular flexibility index (Phi) is 4.08. The van der Waals surface area contributed by atoms with Crippen LogP contribution in [0, 0.1) is 6.92 Å². The lowest BCUT2D eigenvalue weighted by molar-refractivity contribution is 1.14. The molecule has 2 rings (SSSR count). The van der Waals surface area contributed by atoms with Gasteiger partial charge in [-0.3, -0.25) is 0 Å². The van der Waals surface area contributed by atoms with Crippen LogP contribution in [-0.4, -0.2) is 0 Å². The number of nitrogens with one attached hydrogen (secondary N) is 1. The van der Waals surface area contributed by atoms with E-state index in [0.717, 1.165) is 21.7 Å². The molecule has 17 heavy (non-hydrogen) atoms. The highest BCUT2D eigenvalue weighted by atomic mass is 79.9. The Bertz CT molecular complexity index is 508. The molecular weight excluding hydrogens is 298 g/mol. The monoisotopic (exact) mass is 309 g/mol. The molecule has 3 heteroatoms. The summed E-state index contributed by atoms with van der Waals surface area (Å²) in [5.74, 6) is 0. The molecule has 0 spiro atoms. The highest BCUT2D eigenvalue weighted by Crippen LogP contribution is 2.26. The maximum absolute atomic E-state index is 5.96.